The minimum atomic E-state index is -1.07. The number of aryl methyl sites for hydroxylation is 1. The van der Waals surface area contributed by atoms with E-state index in [-0.39, 0.29) is 10.1 Å². The maximum atomic E-state index is 12.2. The first-order valence-corrected chi connectivity index (χ1v) is 11.8. The highest BCUT2D eigenvalue weighted by atomic mass is 32.2. The maximum absolute atomic E-state index is 12.2. The van der Waals surface area contributed by atoms with E-state index < -0.39 is 5.97 Å². The lowest BCUT2D eigenvalue weighted by Gasteiger charge is -2.15. The Bertz CT molecular complexity index is 1490. The van der Waals surface area contributed by atoms with Crippen molar-refractivity contribution < 1.29 is 14.3 Å². The second-order valence-corrected chi connectivity index (χ2v) is 8.73. The second kappa shape index (κ2) is 9.87. The van der Waals surface area contributed by atoms with Gasteiger partial charge in [0.15, 0.2) is 0 Å². The lowest BCUT2D eigenvalue weighted by atomic mass is 10.1. The quantitative estimate of drug-likeness (QED) is 0.206. The first kappa shape index (κ1) is 22.4. The summed E-state index contributed by atoms with van der Waals surface area (Å²) >= 11 is 0.935. The van der Waals surface area contributed by atoms with E-state index >= 15 is 0 Å². The van der Waals surface area contributed by atoms with Crippen LogP contribution in [0.2, 0.25) is 0 Å². The highest BCUT2D eigenvalue weighted by Gasteiger charge is 2.21. The number of carboxylic acids is 1. The summed E-state index contributed by atoms with van der Waals surface area (Å²) < 4.78 is 7.58. The van der Waals surface area contributed by atoms with Crippen LogP contribution in [0.5, 0.6) is 0 Å². The van der Waals surface area contributed by atoms with Gasteiger partial charge < -0.3 is 14.1 Å². The summed E-state index contributed by atoms with van der Waals surface area (Å²) in [6, 6.07) is 32.1. The van der Waals surface area contributed by atoms with Gasteiger partial charge in [0.2, 0.25) is 5.89 Å². The molecule has 0 atom stereocenters. The van der Waals surface area contributed by atoms with Crippen molar-refractivity contribution in [1.29, 1.82) is 0 Å². The molecule has 0 aliphatic rings. The molecule has 0 spiro atoms. The Kier molecular flexibility index (Phi) is 6.32. The number of hydrogen-bond acceptors (Lipinski definition) is 5. The lowest BCUT2D eigenvalue weighted by Crippen LogP contribution is -2.00. The molecule has 3 aromatic carbocycles. The second-order valence-electron chi connectivity index (χ2n) is 7.74. The number of aliphatic carboxylic acids is 1. The van der Waals surface area contributed by atoms with Gasteiger partial charge in [0.05, 0.1) is 11.4 Å². The van der Waals surface area contributed by atoms with E-state index in [4.69, 9.17) is 4.42 Å². The van der Waals surface area contributed by atoms with Gasteiger partial charge >= 0.3 is 5.97 Å². The van der Waals surface area contributed by atoms with Crippen LogP contribution in [0.1, 0.15) is 11.5 Å². The molecular formula is C28H21N3O3S. The summed E-state index contributed by atoms with van der Waals surface area (Å²) in [7, 11) is 0. The molecule has 2 aromatic heterocycles. The van der Waals surface area contributed by atoms with E-state index in [1.165, 1.54) is 0 Å². The van der Waals surface area contributed by atoms with Crippen molar-refractivity contribution >= 4 is 23.8 Å². The summed E-state index contributed by atoms with van der Waals surface area (Å²) in [4.78, 5) is 12.3. The first-order chi connectivity index (χ1) is 17.1. The van der Waals surface area contributed by atoms with Crippen molar-refractivity contribution in [2.75, 3.05) is 0 Å². The smallest absolute Gasteiger partial charge is 0.342 e. The van der Waals surface area contributed by atoms with Gasteiger partial charge in [-0.3, -0.25) is 0 Å². The number of hydrogen-bond donors (Lipinski definition) is 1. The molecule has 0 unspecified atom stereocenters. The molecule has 5 rings (SSSR count). The minimum Gasteiger partial charge on any atom is -0.477 e. The fourth-order valence-corrected chi connectivity index (χ4v) is 4.59. The SMILES string of the molecule is Cc1nnc(S/C(=C\c2cc(-c3ccccc3)n(-c3ccccc3)c2-c2ccccc2)C(=O)O)o1. The molecule has 0 amide bonds. The normalized spacial score (nSPS) is 11.5. The standard InChI is InChI=1S/C28H21N3O3S/c1-19-29-30-28(34-19)35-25(27(32)33)18-22-17-24(20-11-5-2-6-12-20)31(23-15-9-4-10-16-23)26(22)21-13-7-3-8-14-21/h2-18H,1H3,(H,32,33)/b25-18-. The van der Waals surface area contributed by atoms with Crippen molar-refractivity contribution in [2.24, 2.45) is 0 Å². The van der Waals surface area contributed by atoms with Gasteiger partial charge in [-0.05, 0) is 47.2 Å². The topological polar surface area (TPSA) is 81.2 Å². The van der Waals surface area contributed by atoms with Crippen LogP contribution in [-0.4, -0.2) is 25.8 Å². The molecule has 35 heavy (non-hydrogen) atoms. The summed E-state index contributed by atoms with van der Waals surface area (Å²) in [5.74, 6) is -0.692. The van der Waals surface area contributed by atoms with Crippen LogP contribution < -0.4 is 0 Å². The third-order valence-electron chi connectivity index (χ3n) is 5.36. The Morgan fingerprint density at radius 3 is 2.06 bits per heavy atom. The van der Waals surface area contributed by atoms with Gasteiger partial charge in [0.25, 0.3) is 5.22 Å². The first-order valence-electron chi connectivity index (χ1n) is 10.9. The predicted octanol–water partition coefficient (Wildman–Crippen LogP) is 6.72. The number of carbonyl (C=O) groups is 1. The predicted molar refractivity (Wildman–Crippen MR) is 137 cm³/mol. The number of nitrogens with zero attached hydrogens (tertiary/aromatic N) is 3. The summed E-state index contributed by atoms with van der Waals surface area (Å²) in [6.45, 7) is 1.67. The average molecular weight is 480 g/mol. The molecule has 6 nitrogen and oxygen atoms in total. The molecule has 0 saturated carbocycles. The number of rotatable bonds is 7. The molecule has 1 N–H and O–H groups in total. The summed E-state index contributed by atoms with van der Waals surface area (Å²) in [6.07, 6.45) is 1.67. The van der Waals surface area contributed by atoms with E-state index in [1.807, 2.05) is 97.1 Å². The Labute approximate surface area is 206 Å². The van der Waals surface area contributed by atoms with Gasteiger partial charge in [-0.2, -0.15) is 0 Å². The summed E-state index contributed by atoms with van der Waals surface area (Å²) in [5.41, 5.74) is 5.56. The van der Waals surface area contributed by atoms with Crippen molar-refractivity contribution in [3.8, 4) is 28.2 Å². The van der Waals surface area contributed by atoms with E-state index in [9.17, 15) is 9.90 Å². The Morgan fingerprint density at radius 1 is 0.886 bits per heavy atom. The fraction of sp³-hybridized carbons (Fsp3) is 0.0357. The highest BCUT2D eigenvalue weighted by Crippen LogP contribution is 2.38. The fourth-order valence-electron chi connectivity index (χ4n) is 3.89. The van der Waals surface area contributed by atoms with E-state index in [0.29, 0.717) is 5.89 Å². The Hall–Kier alpha value is -4.36. The minimum absolute atomic E-state index is 0.0793. The van der Waals surface area contributed by atoms with Gasteiger partial charge in [-0.25, -0.2) is 4.79 Å². The average Bonchev–Trinajstić information content (AvgIpc) is 3.48. The van der Waals surface area contributed by atoms with Crippen molar-refractivity contribution in [3.63, 3.8) is 0 Å². The third kappa shape index (κ3) is 4.81. The van der Waals surface area contributed by atoms with Crippen LogP contribution in [0.4, 0.5) is 0 Å². The number of carboxylic acid groups (broad SMARTS) is 1. The molecule has 2 heterocycles. The van der Waals surface area contributed by atoms with Crippen LogP contribution in [-0.2, 0) is 4.79 Å². The van der Waals surface area contributed by atoms with Gasteiger partial charge in [-0.15, -0.1) is 10.2 Å². The monoisotopic (exact) mass is 479 g/mol. The van der Waals surface area contributed by atoms with Crippen molar-refractivity contribution in [3.05, 3.63) is 113 Å². The van der Waals surface area contributed by atoms with Crippen molar-refractivity contribution in [1.82, 2.24) is 14.8 Å². The Morgan fingerprint density at radius 2 is 1.49 bits per heavy atom. The van der Waals surface area contributed by atoms with Crippen LogP contribution in [0.15, 0.2) is 112 Å². The molecule has 0 saturated heterocycles. The zero-order valence-electron chi connectivity index (χ0n) is 18.8. The molecule has 0 bridgehead atoms. The largest absolute Gasteiger partial charge is 0.477 e. The zero-order chi connectivity index (χ0) is 24.2. The van der Waals surface area contributed by atoms with Gasteiger partial charge in [0, 0.05) is 18.2 Å². The molecular weight excluding hydrogens is 458 g/mol. The number of thioether (sulfide) groups is 1. The maximum Gasteiger partial charge on any atom is 0.342 e. The number of para-hydroxylation sites is 1. The molecule has 0 aliphatic carbocycles. The highest BCUT2D eigenvalue weighted by molar-refractivity contribution is 8.03. The molecule has 0 aliphatic heterocycles. The number of benzene rings is 3. The molecule has 7 heteroatoms. The zero-order valence-corrected chi connectivity index (χ0v) is 19.6. The van der Waals surface area contributed by atoms with Gasteiger partial charge in [-0.1, -0.05) is 78.9 Å². The molecule has 0 radical (unpaired) electrons. The van der Waals surface area contributed by atoms with Gasteiger partial charge in [0.1, 0.15) is 4.91 Å². The van der Waals surface area contributed by atoms with Crippen molar-refractivity contribution in [2.45, 2.75) is 12.1 Å². The van der Waals surface area contributed by atoms with Crippen LogP contribution >= 0.6 is 11.8 Å². The van der Waals surface area contributed by atoms with Crippen LogP contribution in [0.3, 0.4) is 0 Å². The number of aromatic nitrogens is 3. The van der Waals surface area contributed by atoms with E-state index in [1.54, 1.807) is 13.0 Å². The Balaban J connectivity index is 1.78. The van der Waals surface area contributed by atoms with E-state index in [0.717, 1.165) is 45.5 Å². The molecule has 172 valence electrons. The van der Waals surface area contributed by atoms with Crippen LogP contribution in [0, 0.1) is 6.92 Å². The van der Waals surface area contributed by atoms with Crippen LogP contribution in [0.25, 0.3) is 34.3 Å². The summed E-state index contributed by atoms with van der Waals surface area (Å²) in [5, 5.41) is 17.9. The lowest BCUT2D eigenvalue weighted by molar-refractivity contribution is -0.131. The van der Waals surface area contributed by atoms with E-state index in [2.05, 4.69) is 14.8 Å². The molecule has 5 aromatic rings. The third-order valence-corrected chi connectivity index (χ3v) is 6.22. The molecule has 0 fully saturated rings.